The molecule has 2 aromatic carbocycles. The summed E-state index contributed by atoms with van der Waals surface area (Å²) in [5.41, 5.74) is 1.69. The minimum Gasteiger partial charge on any atom is -0.536 e. The minimum absolute atomic E-state index is 0.0297. The van der Waals surface area contributed by atoms with Crippen molar-refractivity contribution in [2.45, 2.75) is 38.5 Å². The van der Waals surface area contributed by atoms with Crippen LogP contribution in [-0.4, -0.2) is 70.3 Å². The lowest BCUT2D eigenvalue weighted by molar-refractivity contribution is -0.153. The number of aromatic hydroxyl groups is 1. The number of likely N-dealkylation sites (N-methyl/N-ethyl adjacent to an activating group) is 1. The van der Waals surface area contributed by atoms with E-state index in [0.717, 1.165) is 23.3 Å². The van der Waals surface area contributed by atoms with E-state index in [1.54, 1.807) is 6.92 Å². The molecule has 194 valence electrons. The average Bonchev–Trinajstić information content (AvgIpc) is 2.87. The number of aryl methyl sites for hydroxylation is 1. The van der Waals surface area contributed by atoms with E-state index in [4.69, 9.17) is 4.65 Å². The summed E-state index contributed by atoms with van der Waals surface area (Å²) in [6, 6.07) is 6.34. The number of rotatable bonds is 6. The van der Waals surface area contributed by atoms with Crippen LogP contribution in [0.2, 0.25) is 5.82 Å². The summed E-state index contributed by atoms with van der Waals surface area (Å²) in [6.45, 7) is 3.93. The number of phenols is 1. The molecule has 1 fully saturated rings. The summed E-state index contributed by atoms with van der Waals surface area (Å²) in [5, 5.41) is 22.6. The molecule has 1 saturated heterocycles. The molecule has 2 aromatic rings. The van der Waals surface area contributed by atoms with Crippen molar-refractivity contribution in [2.24, 2.45) is 0 Å². The van der Waals surface area contributed by atoms with Gasteiger partial charge in [0.2, 0.25) is 0 Å². The summed E-state index contributed by atoms with van der Waals surface area (Å²) in [7, 11) is -1.29. The van der Waals surface area contributed by atoms with Gasteiger partial charge in [-0.05, 0) is 49.1 Å². The van der Waals surface area contributed by atoms with Crippen molar-refractivity contribution in [1.29, 1.82) is 0 Å². The second-order valence-electron chi connectivity index (χ2n) is 9.14. The number of benzene rings is 2. The number of nitrogens with zero attached hydrogens (tertiary/aromatic N) is 2. The Morgan fingerprint density at radius 1 is 1.22 bits per heavy atom. The van der Waals surface area contributed by atoms with Crippen molar-refractivity contribution in [3.63, 3.8) is 0 Å². The molecular formula is C25H27BFN3O7. The molecule has 2 aliphatic rings. The maximum atomic E-state index is 14.2. The quantitative estimate of drug-likeness (QED) is 0.397. The Morgan fingerprint density at radius 3 is 2.68 bits per heavy atom. The van der Waals surface area contributed by atoms with E-state index in [1.807, 2.05) is 25.1 Å². The molecule has 0 aliphatic carbocycles. The molecule has 0 spiro atoms. The van der Waals surface area contributed by atoms with E-state index in [0.29, 0.717) is 23.6 Å². The first-order valence-corrected chi connectivity index (χ1v) is 12.0. The number of para-hydroxylation sites is 1. The molecule has 0 bridgehead atoms. The van der Waals surface area contributed by atoms with E-state index < -0.39 is 54.2 Å². The van der Waals surface area contributed by atoms with Gasteiger partial charge in [-0.15, -0.1) is 0 Å². The van der Waals surface area contributed by atoms with Gasteiger partial charge in [0.05, 0.1) is 0 Å². The summed E-state index contributed by atoms with van der Waals surface area (Å²) >= 11 is 0. The van der Waals surface area contributed by atoms with Crippen molar-refractivity contribution < 1.29 is 38.4 Å². The number of nitrogens with one attached hydrogen (secondary N) is 1. The molecule has 4 rings (SSSR count). The van der Waals surface area contributed by atoms with Gasteiger partial charge in [-0.25, -0.2) is 9.18 Å². The second-order valence-corrected chi connectivity index (χ2v) is 9.14. The number of Topliss-reactive ketones (excluding diaryl/α,β-unsaturated/α-hetero) is 1. The van der Waals surface area contributed by atoms with E-state index in [-0.39, 0.29) is 25.1 Å². The molecule has 3 N–H and O–H groups in total. The average molecular weight is 511 g/mol. The number of carbonyl (C=O) groups is 4. The fourth-order valence-electron chi connectivity index (χ4n) is 4.62. The zero-order chi connectivity index (χ0) is 26.9. The van der Waals surface area contributed by atoms with E-state index in [1.165, 1.54) is 11.0 Å². The molecule has 10 nitrogen and oxygen atoms in total. The SMILES string of the molecule is CCN1CCN(C(=O)N[C@H](C(=O)C[C@H]2Cc3cccc(C)c3OB2O)c2ccc(O)c(F)c2)C(=O)C1=O. The van der Waals surface area contributed by atoms with Crippen LogP contribution in [-0.2, 0) is 20.8 Å². The molecule has 0 aromatic heterocycles. The first-order chi connectivity index (χ1) is 17.6. The van der Waals surface area contributed by atoms with Crippen LogP contribution < -0.4 is 9.97 Å². The van der Waals surface area contributed by atoms with Crippen molar-refractivity contribution in [3.8, 4) is 11.5 Å². The monoisotopic (exact) mass is 511 g/mol. The van der Waals surface area contributed by atoms with Gasteiger partial charge < -0.3 is 25.0 Å². The Labute approximate surface area is 213 Å². The maximum absolute atomic E-state index is 14.2. The molecule has 0 saturated carbocycles. The molecule has 2 heterocycles. The third-order valence-electron chi connectivity index (χ3n) is 6.71. The predicted molar refractivity (Wildman–Crippen MR) is 130 cm³/mol. The molecule has 37 heavy (non-hydrogen) atoms. The summed E-state index contributed by atoms with van der Waals surface area (Å²) in [4.78, 5) is 53.2. The fourth-order valence-corrected chi connectivity index (χ4v) is 4.62. The first kappa shape index (κ1) is 26.1. The van der Waals surface area contributed by atoms with E-state index >= 15 is 0 Å². The minimum atomic E-state index is -1.42. The number of imide groups is 1. The number of piperazine rings is 1. The number of phenolic OH excluding ortho intramolecular Hbond substituents is 1. The topological polar surface area (TPSA) is 136 Å². The lowest BCUT2D eigenvalue weighted by Gasteiger charge is -2.33. The van der Waals surface area contributed by atoms with Crippen LogP contribution >= 0.6 is 0 Å². The van der Waals surface area contributed by atoms with Gasteiger partial charge in [-0.2, -0.15) is 0 Å². The zero-order valence-electron chi connectivity index (χ0n) is 20.4. The Balaban J connectivity index is 1.56. The molecule has 0 radical (unpaired) electrons. The highest BCUT2D eigenvalue weighted by Gasteiger charge is 2.40. The largest absolute Gasteiger partial charge is 0.536 e. The maximum Gasteiger partial charge on any atom is 0.526 e. The molecule has 2 atom stereocenters. The third-order valence-corrected chi connectivity index (χ3v) is 6.71. The van der Waals surface area contributed by atoms with Gasteiger partial charge in [0.25, 0.3) is 0 Å². The Hall–Kier alpha value is -3.93. The number of ketones is 1. The number of urea groups is 1. The van der Waals surface area contributed by atoms with Crippen LogP contribution in [0.15, 0.2) is 36.4 Å². The first-order valence-electron chi connectivity index (χ1n) is 12.0. The molecular weight excluding hydrogens is 484 g/mol. The van der Waals surface area contributed by atoms with Gasteiger partial charge in [0, 0.05) is 31.9 Å². The van der Waals surface area contributed by atoms with Crippen molar-refractivity contribution >= 4 is 30.7 Å². The molecule has 0 unspecified atom stereocenters. The van der Waals surface area contributed by atoms with Crippen LogP contribution in [0.4, 0.5) is 9.18 Å². The summed E-state index contributed by atoms with van der Waals surface area (Å²) < 4.78 is 19.8. The van der Waals surface area contributed by atoms with Crippen LogP contribution in [0.3, 0.4) is 0 Å². The third kappa shape index (κ3) is 5.29. The lowest BCUT2D eigenvalue weighted by atomic mass is 9.64. The Kier molecular flexibility index (Phi) is 7.49. The highest BCUT2D eigenvalue weighted by molar-refractivity contribution is 6.46. The number of amides is 4. The van der Waals surface area contributed by atoms with E-state index in [2.05, 4.69) is 5.32 Å². The number of carbonyl (C=O) groups excluding carboxylic acids is 4. The van der Waals surface area contributed by atoms with Crippen molar-refractivity contribution in [3.05, 3.63) is 58.9 Å². The van der Waals surface area contributed by atoms with E-state index in [9.17, 15) is 33.7 Å². The summed E-state index contributed by atoms with van der Waals surface area (Å²) in [5.74, 6) is -4.18. The normalized spacial score (nSPS) is 18.3. The highest BCUT2D eigenvalue weighted by atomic mass is 19.1. The summed E-state index contributed by atoms with van der Waals surface area (Å²) in [6.07, 6.45) is 0.0962. The highest BCUT2D eigenvalue weighted by Crippen LogP contribution is 2.37. The second kappa shape index (κ2) is 10.6. The lowest BCUT2D eigenvalue weighted by Crippen LogP contribution is -2.58. The Morgan fingerprint density at radius 2 is 1.97 bits per heavy atom. The van der Waals surface area contributed by atoms with Crippen molar-refractivity contribution in [1.82, 2.24) is 15.1 Å². The Bertz CT molecular complexity index is 1260. The standard InChI is InChI=1S/C25H27BFN3O7/c1-3-29-9-10-30(24(34)23(29)33)25(35)28-21(15-7-8-19(31)18(27)12-15)20(32)13-17-11-16-6-4-5-14(2)22(16)37-26(17)36/h4-8,12,17,21,31,36H,3,9-11,13H2,1-2H3,(H,28,35)/t17-,21+/m1/s1. The van der Waals surface area contributed by atoms with Crippen LogP contribution in [0.5, 0.6) is 11.5 Å². The fraction of sp³-hybridized carbons (Fsp3) is 0.360. The number of fused-ring (bicyclic) bond motifs is 1. The van der Waals surface area contributed by atoms with Crippen LogP contribution in [0.25, 0.3) is 0 Å². The van der Waals surface area contributed by atoms with Gasteiger partial charge in [0.15, 0.2) is 17.3 Å². The number of hydrogen-bond acceptors (Lipinski definition) is 7. The van der Waals surface area contributed by atoms with Gasteiger partial charge in [-0.3, -0.25) is 19.3 Å². The molecule has 12 heteroatoms. The zero-order valence-corrected chi connectivity index (χ0v) is 20.4. The predicted octanol–water partition coefficient (Wildman–Crippen LogP) is 1.73. The van der Waals surface area contributed by atoms with Crippen LogP contribution in [0.1, 0.15) is 36.1 Å². The van der Waals surface area contributed by atoms with Gasteiger partial charge in [0.1, 0.15) is 11.8 Å². The number of halogens is 1. The molecule has 2 aliphatic heterocycles. The van der Waals surface area contributed by atoms with Gasteiger partial charge in [-0.1, -0.05) is 24.3 Å². The van der Waals surface area contributed by atoms with Gasteiger partial charge >= 0.3 is 25.0 Å². The smallest absolute Gasteiger partial charge is 0.526 e. The van der Waals surface area contributed by atoms with Crippen molar-refractivity contribution in [2.75, 3.05) is 19.6 Å². The van der Waals surface area contributed by atoms with Crippen LogP contribution in [0, 0.1) is 12.7 Å². The number of hydrogen-bond donors (Lipinski definition) is 3. The molecule has 4 amide bonds.